The lowest BCUT2D eigenvalue weighted by Crippen LogP contribution is -2.19. The number of hydrogen-bond donors (Lipinski definition) is 0. The highest BCUT2D eigenvalue weighted by Gasteiger charge is 2.34. The number of hydrogen-bond acceptors (Lipinski definition) is 3. The quantitative estimate of drug-likeness (QED) is 0.477. The third-order valence-electron chi connectivity index (χ3n) is 1.94. The Morgan fingerprint density at radius 1 is 1.42 bits per heavy atom. The molecule has 0 amide bonds. The highest BCUT2D eigenvalue weighted by molar-refractivity contribution is 6.68. The molecule has 0 aliphatic rings. The molecule has 1 heterocycles. The van der Waals surface area contributed by atoms with Crippen LogP contribution in [0.15, 0.2) is 6.20 Å². The fraction of sp³-hybridized carbons (Fsp3) is 0.333. The molecule has 3 nitrogen and oxygen atoms in total. The summed E-state index contributed by atoms with van der Waals surface area (Å²) in [5.41, 5.74) is -2.53. The maximum atomic E-state index is 12.6. The van der Waals surface area contributed by atoms with Gasteiger partial charge in [0.25, 0.3) is 11.7 Å². The van der Waals surface area contributed by atoms with Crippen LogP contribution in [-0.4, -0.2) is 16.6 Å². The number of alkyl halides is 6. The minimum atomic E-state index is -5.08. The number of ether oxygens (including phenoxy) is 1. The zero-order valence-corrected chi connectivity index (χ0v) is 10.3. The van der Waals surface area contributed by atoms with Crippen molar-refractivity contribution >= 4 is 28.4 Å². The third kappa shape index (κ3) is 3.90. The zero-order valence-electron chi connectivity index (χ0n) is 8.77. The van der Waals surface area contributed by atoms with Crippen molar-refractivity contribution in [3.63, 3.8) is 0 Å². The lowest BCUT2D eigenvalue weighted by atomic mass is 10.1. The van der Waals surface area contributed by atoms with E-state index in [1.54, 1.807) is 0 Å². The Balaban J connectivity index is 3.45. The van der Waals surface area contributed by atoms with Gasteiger partial charge in [-0.3, -0.25) is 9.78 Å². The topological polar surface area (TPSA) is 39.2 Å². The Kier molecular flexibility index (Phi) is 4.92. The molecule has 0 bridgehead atoms. The van der Waals surface area contributed by atoms with Crippen LogP contribution in [0.2, 0.25) is 0 Å². The van der Waals surface area contributed by atoms with E-state index < -0.39 is 46.5 Å². The normalized spacial score (nSPS) is 11.8. The third-order valence-corrected chi connectivity index (χ3v) is 2.40. The number of carbonyl (C=O) groups excluding carboxylic acids is 1. The van der Waals surface area contributed by atoms with Crippen LogP contribution in [0.4, 0.5) is 22.0 Å². The van der Waals surface area contributed by atoms with E-state index in [0.29, 0.717) is 6.20 Å². The highest BCUT2D eigenvalue weighted by atomic mass is 35.5. The molecule has 1 aromatic rings. The van der Waals surface area contributed by atoms with Gasteiger partial charge in [-0.05, 0) is 11.6 Å². The van der Waals surface area contributed by atoms with Crippen LogP contribution in [0.25, 0.3) is 0 Å². The summed E-state index contributed by atoms with van der Waals surface area (Å²) in [5.74, 6) is -1.63. The van der Waals surface area contributed by atoms with Crippen LogP contribution < -0.4 is 4.74 Å². The molecule has 0 unspecified atom stereocenters. The van der Waals surface area contributed by atoms with Gasteiger partial charge in [0.05, 0.1) is 17.6 Å². The summed E-state index contributed by atoms with van der Waals surface area (Å²) < 4.78 is 65.0. The Labute approximate surface area is 113 Å². The van der Waals surface area contributed by atoms with E-state index in [0.717, 1.165) is 0 Å². The Morgan fingerprint density at radius 2 is 2.00 bits per heavy atom. The molecule has 1 rings (SSSR count). The molecule has 0 N–H and O–H groups in total. The van der Waals surface area contributed by atoms with Crippen molar-refractivity contribution in [2.24, 2.45) is 0 Å². The molecule has 10 heteroatoms. The molecular weight excluding hydrogens is 320 g/mol. The van der Waals surface area contributed by atoms with Gasteiger partial charge < -0.3 is 4.74 Å². The van der Waals surface area contributed by atoms with Gasteiger partial charge in [0.1, 0.15) is 5.69 Å². The van der Waals surface area contributed by atoms with E-state index in [1.807, 2.05) is 0 Å². The van der Waals surface area contributed by atoms with Gasteiger partial charge in [-0.2, -0.15) is 0 Å². The molecule has 0 spiro atoms. The molecule has 0 saturated heterocycles. The van der Waals surface area contributed by atoms with Gasteiger partial charge in [0.2, 0.25) is 0 Å². The molecular formula is C9H4Cl2F5NO2. The first-order valence-corrected chi connectivity index (χ1v) is 5.40. The van der Waals surface area contributed by atoms with Crippen molar-refractivity contribution in [1.82, 2.24) is 4.98 Å². The summed E-state index contributed by atoms with van der Waals surface area (Å²) in [4.78, 5) is 14.1. The van der Waals surface area contributed by atoms with Crippen molar-refractivity contribution in [1.29, 1.82) is 0 Å². The minimum Gasteiger partial charge on any atom is -0.404 e. The number of rotatable bonds is 4. The van der Waals surface area contributed by atoms with Crippen molar-refractivity contribution < 1.29 is 31.5 Å². The largest absolute Gasteiger partial charge is 0.573 e. The number of carbonyl (C=O) groups is 1. The van der Waals surface area contributed by atoms with E-state index in [-0.39, 0.29) is 0 Å². The molecule has 0 fully saturated rings. The smallest absolute Gasteiger partial charge is 0.404 e. The van der Waals surface area contributed by atoms with Crippen LogP contribution in [0.5, 0.6) is 5.75 Å². The van der Waals surface area contributed by atoms with E-state index in [9.17, 15) is 26.7 Å². The Hall–Kier alpha value is -1.15. The molecule has 19 heavy (non-hydrogen) atoms. The van der Waals surface area contributed by atoms with E-state index >= 15 is 0 Å². The zero-order chi connectivity index (χ0) is 14.8. The Bertz CT molecular complexity index is 492. The molecule has 0 aliphatic heterocycles. The Morgan fingerprint density at radius 3 is 2.37 bits per heavy atom. The van der Waals surface area contributed by atoms with Crippen molar-refractivity contribution in [3.05, 3.63) is 23.0 Å². The van der Waals surface area contributed by atoms with Gasteiger partial charge >= 0.3 is 6.36 Å². The number of nitrogens with zero attached hydrogens (tertiary/aromatic N) is 1. The maximum Gasteiger partial charge on any atom is 0.573 e. The fourth-order valence-corrected chi connectivity index (χ4v) is 1.75. The predicted octanol–water partition coefficient (Wildman–Crippen LogP) is 4.04. The van der Waals surface area contributed by atoms with Crippen LogP contribution in [0.3, 0.4) is 0 Å². The molecule has 0 atom stereocenters. The van der Waals surface area contributed by atoms with E-state index in [1.165, 1.54) is 0 Å². The number of halogens is 7. The lowest BCUT2D eigenvalue weighted by Gasteiger charge is -2.15. The van der Waals surface area contributed by atoms with Gasteiger partial charge in [-0.25, -0.2) is 8.78 Å². The second-order valence-electron chi connectivity index (χ2n) is 3.12. The number of pyridine rings is 1. The van der Waals surface area contributed by atoms with Gasteiger partial charge in [-0.1, -0.05) is 0 Å². The average molecular weight is 324 g/mol. The van der Waals surface area contributed by atoms with Crippen LogP contribution in [-0.2, 0) is 5.88 Å². The molecule has 1 aromatic heterocycles. The molecule has 0 aliphatic carbocycles. The van der Waals surface area contributed by atoms with Crippen LogP contribution in [0, 0.1) is 0 Å². The summed E-state index contributed by atoms with van der Waals surface area (Å²) in [6, 6.07) is 0. The van der Waals surface area contributed by atoms with Crippen LogP contribution >= 0.6 is 23.2 Å². The van der Waals surface area contributed by atoms with Crippen molar-refractivity contribution in [2.45, 2.75) is 18.7 Å². The molecule has 106 valence electrons. The van der Waals surface area contributed by atoms with Gasteiger partial charge in [0.15, 0.2) is 5.75 Å². The van der Waals surface area contributed by atoms with Crippen LogP contribution in [0.1, 0.15) is 28.0 Å². The fourth-order valence-electron chi connectivity index (χ4n) is 1.28. The van der Waals surface area contributed by atoms with E-state index in [2.05, 4.69) is 9.72 Å². The number of aromatic nitrogens is 1. The van der Waals surface area contributed by atoms with Crippen molar-refractivity contribution in [2.75, 3.05) is 0 Å². The first kappa shape index (κ1) is 15.9. The summed E-state index contributed by atoms with van der Waals surface area (Å²) in [5, 5.41) is -1.40. The maximum absolute atomic E-state index is 12.6. The second kappa shape index (κ2) is 5.87. The predicted molar refractivity (Wildman–Crippen MR) is 55.6 cm³/mol. The SMILES string of the molecule is O=C(Cl)c1c(C(F)F)ncc(OC(F)(F)F)c1CCl. The second-order valence-corrected chi connectivity index (χ2v) is 3.73. The summed E-state index contributed by atoms with van der Waals surface area (Å²) in [7, 11) is 0. The first-order chi connectivity index (χ1) is 8.67. The summed E-state index contributed by atoms with van der Waals surface area (Å²) in [6.45, 7) is 0. The monoisotopic (exact) mass is 323 g/mol. The standard InChI is InChI=1S/C9H4Cl2F5NO2/c10-1-3-4(19-9(14,15)16)2-17-6(8(12)13)5(3)7(11)18/h2,8H,1H2. The summed E-state index contributed by atoms with van der Waals surface area (Å²) >= 11 is 10.4. The molecule has 0 aromatic carbocycles. The average Bonchev–Trinajstić information content (AvgIpc) is 2.25. The minimum absolute atomic E-state index is 0.413. The lowest BCUT2D eigenvalue weighted by molar-refractivity contribution is -0.275. The van der Waals surface area contributed by atoms with E-state index in [4.69, 9.17) is 23.2 Å². The van der Waals surface area contributed by atoms with Crippen molar-refractivity contribution in [3.8, 4) is 5.75 Å². The first-order valence-electron chi connectivity index (χ1n) is 4.48. The van der Waals surface area contributed by atoms with Gasteiger partial charge in [-0.15, -0.1) is 24.8 Å². The summed E-state index contributed by atoms with van der Waals surface area (Å²) in [6.07, 6.45) is -7.86. The molecule has 0 saturated carbocycles. The van der Waals surface area contributed by atoms with Gasteiger partial charge in [0, 0.05) is 5.56 Å². The molecule has 0 radical (unpaired) electrons. The highest BCUT2D eigenvalue weighted by Crippen LogP contribution is 2.34.